The molecule has 3 heteroatoms. The number of aliphatic hydroxyl groups is 1. The van der Waals surface area contributed by atoms with Gasteiger partial charge in [0.2, 0.25) is 0 Å². The summed E-state index contributed by atoms with van der Waals surface area (Å²) in [6.07, 6.45) is 3.05. The van der Waals surface area contributed by atoms with E-state index in [1.807, 2.05) is 6.92 Å². The van der Waals surface area contributed by atoms with Gasteiger partial charge in [-0.2, -0.15) is 0 Å². The molecule has 1 aliphatic carbocycles. The fourth-order valence-electron chi connectivity index (χ4n) is 1.88. The average molecular weight is 186 g/mol. The second-order valence-corrected chi connectivity index (χ2v) is 4.50. The van der Waals surface area contributed by atoms with Crippen LogP contribution in [0.4, 0.5) is 0 Å². The number of hydrogen-bond acceptors (Lipinski definition) is 3. The SMILES string of the molecule is CC(O)CCN(C)CC1CC(N)C1. The fourth-order valence-corrected chi connectivity index (χ4v) is 1.88. The van der Waals surface area contributed by atoms with Gasteiger partial charge in [0.15, 0.2) is 0 Å². The quantitative estimate of drug-likeness (QED) is 0.654. The van der Waals surface area contributed by atoms with Crippen LogP contribution in [-0.4, -0.2) is 42.3 Å². The van der Waals surface area contributed by atoms with Crippen molar-refractivity contribution < 1.29 is 5.11 Å². The Morgan fingerprint density at radius 1 is 1.54 bits per heavy atom. The Kier molecular flexibility index (Phi) is 4.16. The van der Waals surface area contributed by atoms with E-state index in [9.17, 15) is 0 Å². The molecule has 0 amide bonds. The zero-order valence-corrected chi connectivity index (χ0v) is 8.74. The topological polar surface area (TPSA) is 49.5 Å². The summed E-state index contributed by atoms with van der Waals surface area (Å²) in [5.41, 5.74) is 5.71. The second kappa shape index (κ2) is 4.94. The summed E-state index contributed by atoms with van der Waals surface area (Å²) >= 11 is 0. The molecule has 1 rings (SSSR count). The van der Waals surface area contributed by atoms with Crippen molar-refractivity contribution >= 4 is 0 Å². The van der Waals surface area contributed by atoms with Crippen molar-refractivity contribution in [3.8, 4) is 0 Å². The van der Waals surface area contributed by atoms with E-state index in [1.165, 1.54) is 12.8 Å². The largest absolute Gasteiger partial charge is 0.393 e. The van der Waals surface area contributed by atoms with Crippen molar-refractivity contribution in [2.75, 3.05) is 20.1 Å². The maximum absolute atomic E-state index is 9.10. The molecule has 0 saturated heterocycles. The van der Waals surface area contributed by atoms with E-state index in [0.717, 1.165) is 25.4 Å². The molecule has 0 aromatic rings. The highest BCUT2D eigenvalue weighted by atomic mass is 16.3. The molecule has 1 saturated carbocycles. The van der Waals surface area contributed by atoms with Crippen molar-refractivity contribution in [1.82, 2.24) is 4.90 Å². The van der Waals surface area contributed by atoms with Crippen LogP contribution in [0.3, 0.4) is 0 Å². The summed E-state index contributed by atoms with van der Waals surface area (Å²) in [4.78, 5) is 2.29. The van der Waals surface area contributed by atoms with E-state index in [-0.39, 0.29) is 6.10 Å². The lowest BCUT2D eigenvalue weighted by Crippen LogP contribution is -2.42. The van der Waals surface area contributed by atoms with Crippen LogP contribution >= 0.6 is 0 Å². The van der Waals surface area contributed by atoms with Crippen LogP contribution in [0.5, 0.6) is 0 Å². The zero-order chi connectivity index (χ0) is 9.84. The molecule has 78 valence electrons. The summed E-state index contributed by atoms with van der Waals surface area (Å²) in [5, 5.41) is 9.10. The molecule has 0 spiro atoms. The van der Waals surface area contributed by atoms with Crippen LogP contribution in [0, 0.1) is 5.92 Å². The second-order valence-electron chi connectivity index (χ2n) is 4.50. The zero-order valence-electron chi connectivity index (χ0n) is 8.74. The van der Waals surface area contributed by atoms with Gasteiger partial charge in [0.25, 0.3) is 0 Å². The highest BCUT2D eigenvalue weighted by molar-refractivity contribution is 4.83. The van der Waals surface area contributed by atoms with Crippen LogP contribution in [0.25, 0.3) is 0 Å². The van der Waals surface area contributed by atoms with Gasteiger partial charge in [0.1, 0.15) is 0 Å². The summed E-state index contributed by atoms with van der Waals surface area (Å²) in [6, 6.07) is 0.454. The molecule has 0 aliphatic heterocycles. The fraction of sp³-hybridized carbons (Fsp3) is 1.00. The molecule has 13 heavy (non-hydrogen) atoms. The molecule has 0 aromatic heterocycles. The van der Waals surface area contributed by atoms with Crippen molar-refractivity contribution in [2.45, 2.75) is 38.3 Å². The van der Waals surface area contributed by atoms with E-state index in [2.05, 4.69) is 11.9 Å². The molecule has 1 unspecified atom stereocenters. The molecule has 0 heterocycles. The Morgan fingerprint density at radius 2 is 2.15 bits per heavy atom. The first-order valence-electron chi connectivity index (χ1n) is 5.20. The third kappa shape index (κ3) is 4.07. The minimum atomic E-state index is -0.175. The molecular formula is C10H22N2O. The smallest absolute Gasteiger partial charge is 0.0524 e. The molecule has 1 aliphatic rings. The highest BCUT2D eigenvalue weighted by Gasteiger charge is 2.26. The molecule has 0 bridgehead atoms. The van der Waals surface area contributed by atoms with E-state index in [1.54, 1.807) is 0 Å². The maximum atomic E-state index is 9.10. The van der Waals surface area contributed by atoms with Crippen molar-refractivity contribution in [3.05, 3.63) is 0 Å². The van der Waals surface area contributed by atoms with Crippen molar-refractivity contribution in [3.63, 3.8) is 0 Å². The van der Waals surface area contributed by atoms with E-state index in [0.29, 0.717) is 6.04 Å². The Bertz CT molecular complexity index is 144. The van der Waals surface area contributed by atoms with E-state index in [4.69, 9.17) is 10.8 Å². The molecule has 3 nitrogen and oxygen atoms in total. The molecule has 0 aromatic carbocycles. The van der Waals surface area contributed by atoms with Crippen LogP contribution in [0.2, 0.25) is 0 Å². The lowest BCUT2D eigenvalue weighted by atomic mass is 9.80. The first-order valence-corrected chi connectivity index (χ1v) is 5.20. The summed E-state index contributed by atoms with van der Waals surface area (Å²) in [7, 11) is 2.12. The number of hydrogen-bond donors (Lipinski definition) is 2. The number of aliphatic hydroxyl groups excluding tert-OH is 1. The molecule has 1 atom stereocenters. The first-order chi connectivity index (χ1) is 6.08. The standard InChI is InChI=1S/C10H22N2O/c1-8(13)3-4-12(2)7-9-5-10(11)6-9/h8-10,13H,3-7,11H2,1-2H3. The monoisotopic (exact) mass is 186 g/mol. The van der Waals surface area contributed by atoms with Gasteiger partial charge in [-0.25, -0.2) is 0 Å². The normalized spacial score (nSPS) is 30.2. The Labute approximate surface area is 80.9 Å². The van der Waals surface area contributed by atoms with Crippen LogP contribution in [0.1, 0.15) is 26.2 Å². The minimum absolute atomic E-state index is 0.175. The van der Waals surface area contributed by atoms with Crippen LogP contribution < -0.4 is 5.73 Å². The predicted octanol–water partition coefficient (Wildman–Crippen LogP) is 0.426. The molecule has 0 radical (unpaired) electrons. The van der Waals surface area contributed by atoms with Crippen molar-refractivity contribution in [1.29, 1.82) is 0 Å². The van der Waals surface area contributed by atoms with E-state index >= 15 is 0 Å². The van der Waals surface area contributed by atoms with Gasteiger partial charge in [0, 0.05) is 19.1 Å². The molecule has 1 fully saturated rings. The number of nitrogens with zero attached hydrogens (tertiary/aromatic N) is 1. The van der Waals surface area contributed by atoms with Crippen LogP contribution in [0.15, 0.2) is 0 Å². The summed E-state index contributed by atoms with van der Waals surface area (Å²) in [6.45, 7) is 3.97. The van der Waals surface area contributed by atoms with Gasteiger partial charge in [-0.1, -0.05) is 0 Å². The summed E-state index contributed by atoms with van der Waals surface area (Å²) < 4.78 is 0. The highest BCUT2D eigenvalue weighted by Crippen LogP contribution is 2.25. The maximum Gasteiger partial charge on any atom is 0.0524 e. The Morgan fingerprint density at radius 3 is 2.62 bits per heavy atom. The first kappa shape index (κ1) is 11.0. The van der Waals surface area contributed by atoms with Gasteiger partial charge >= 0.3 is 0 Å². The lowest BCUT2D eigenvalue weighted by molar-refractivity contribution is 0.141. The molecule has 3 N–H and O–H groups in total. The van der Waals surface area contributed by atoms with Crippen molar-refractivity contribution in [2.24, 2.45) is 11.7 Å². The van der Waals surface area contributed by atoms with Gasteiger partial charge in [-0.15, -0.1) is 0 Å². The lowest BCUT2D eigenvalue weighted by Gasteiger charge is -2.35. The predicted molar refractivity (Wildman–Crippen MR) is 54.5 cm³/mol. The summed E-state index contributed by atoms with van der Waals surface area (Å²) in [5.74, 6) is 0.800. The minimum Gasteiger partial charge on any atom is -0.393 e. The van der Waals surface area contributed by atoms with Gasteiger partial charge in [-0.05, 0) is 39.2 Å². The number of nitrogens with two attached hydrogens (primary N) is 1. The third-order valence-electron chi connectivity index (χ3n) is 2.77. The van der Waals surface area contributed by atoms with Gasteiger partial charge in [-0.3, -0.25) is 0 Å². The Balaban J connectivity index is 2.01. The van der Waals surface area contributed by atoms with Gasteiger partial charge < -0.3 is 15.7 Å². The average Bonchev–Trinajstić information content (AvgIpc) is 1.98. The third-order valence-corrected chi connectivity index (χ3v) is 2.77. The Hall–Kier alpha value is -0.120. The van der Waals surface area contributed by atoms with Gasteiger partial charge in [0.05, 0.1) is 6.10 Å². The van der Waals surface area contributed by atoms with Crippen LogP contribution in [-0.2, 0) is 0 Å². The van der Waals surface area contributed by atoms with E-state index < -0.39 is 0 Å². The number of rotatable bonds is 5. The molecular weight excluding hydrogens is 164 g/mol.